The van der Waals surface area contributed by atoms with Crippen LogP contribution >= 0.6 is 0 Å². The Labute approximate surface area is 148 Å². The number of methoxy groups -OCH3 is 1. The summed E-state index contributed by atoms with van der Waals surface area (Å²) in [7, 11) is 1.40. The maximum absolute atomic E-state index is 13.9. The van der Waals surface area contributed by atoms with Gasteiger partial charge in [0.05, 0.1) is 12.7 Å². The number of benzene rings is 2. The van der Waals surface area contributed by atoms with Gasteiger partial charge in [-0.15, -0.1) is 0 Å². The third-order valence-corrected chi connectivity index (χ3v) is 4.89. The summed E-state index contributed by atoms with van der Waals surface area (Å²) >= 11 is 0. The molecule has 132 valence electrons. The molecule has 2 aromatic carbocycles. The van der Waals surface area contributed by atoms with E-state index in [-0.39, 0.29) is 11.7 Å². The number of para-hydroxylation sites is 1. The van der Waals surface area contributed by atoms with Crippen LogP contribution in [-0.4, -0.2) is 31.0 Å². The van der Waals surface area contributed by atoms with Crippen molar-refractivity contribution in [1.29, 1.82) is 0 Å². The van der Waals surface area contributed by atoms with Gasteiger partial charge in [-0.25, -0.2) is 4.39 Å². The minimum atomic E-state index is -0.494. The molecule has 1 heterocycles. The van der Waals surface area contributed by atoms with Crippen molar-refractivity contribution in [3.8, 4) is 5.75 Å². The molecular weight excluding hydrogens is 317 g/mol. The molecular formula is C21H24FNO2. The summed E-state index contributed by atoms with van der Waals surface area (Å²) < 4.78 is 19.0. The summed E-state index contributed by atoms with van der Waals surface area (Å²) in [4.78, 5) is 14.7. The highest BCUT2D eigenvalue weighted by Gasteiger charge is 2.27. The second kappa shape index (κ2) is 8.15. The molecule has 1 fully saturated rings. The molecule has 2 aromatic rings. The fourth-order valence-corrected chi connectivity index (χ4v) is 3.56. The van der Waals surface area contributed by atoms with Crippen LogP contribution in [-0.2, 0) is 6.42 Å². The predicted octanol–water partition coefficient (Wildman–Crippen LogP) is 4.32. The number of nitrogens with zero attached hydrogens (tertiary/aromatic N) is 1. The number of hydrogen-bond donors (Lipinski definition) is 0. The van der Waals surface area contributed by atoms with Gasteiger partial charge < -0.3 is 9.64 Å². The first-order chi connectivity index (χ1) is 12.2. The van der Waals surface area contributed by atoms with Gasteiger partial charge in [0, 0.05) is 13.1 Å². The van der Waals surface area contributed by atoms with Crippen molar-refractivity contribution in [2.75, 3.05) is 20.2 Å². The molecule has 3 nitrogen and oxygen atoms in total. The molecule has 1 aliphatic heterocycles. The van der Waals surface area contributed by atoms with Crippen molar-refractivity contribution in [3.05, 3.63) is 65.5 Å². The zero-order valence-corrected chi connectivity index (χ0v) is 14.6. The third-order valence-electron chi connectivity index (χ3n) is 4.89. The lowest BCUT2D eigenvalue weighted by Crippen LogP contribution is -2.40. The molecule has 25 heavy (non-hydrogen) atoms. The van der Waals surface area contributed by atoms with E-state index in [0.29, 0.717) is 11.5 Å². The first-order valence-corrected chi connectivity index (χ1v) is 8.84. The highest BCUT2D eigenvalue weighted by molar-refractivity contribution is 5.97. The average Bonchev–Trinajstić information content (AvgIpc) is 2.66. The minimum Gasteiger partial charge on any atom is -0.493 e. The van der Waals surface area contributed by atoms with Gasteiger partial charge in [0.15, 0.2) is 11.6 Å². The summed E-state index contributed by atoms with van der Waals surface area (Å²) in [6.45, 7) is 1.45. The summed E-state index contributed by atoms with van der Waals surface area (Å²) in [5, 5.41) is 0. The summed E-state index contributed by atoms with van der Waals surface area (Å²) in [5.74, 6) is -0.108. The monoisotopic (exact) mass is 341 g/mol. The van der Waals surface area contributed by atoms with E-state index in [1.165, 1.54) is 18.7 Å². The quantitative estimate of drug-likeness (QED) is 0.810. The van der Waals surface area contributed by atoms with Crippen LogP contribution in [0.4, 0.5) is 4.39 Å². The minimum absolute atomic E-state index is 0.0407. The smallest absolute Gasteiger partial charge is 0.257 e. The number of piperidine rings is 1. The normalized spacial score (nSPS) is 17.4. The van der Waals surface area contributed by atoms with Crippen LogP contribution in [0.25, 0.3) is 0 Å². The van der Waals surface area contributed by atoms with Crippen molar-refractivity contribution in [2.24, 2.45) is 5.92 Å². The van der Waals surface area contributed by atoms with Crippen molar-refractivity contribution >= 4 is 5.91 Å². The van der Waals surface area contributed by atoms with E-state index in [9.17, 15) is 9.18 Å². The highest BCUT2D eigenvalue weighted by Crippen LogP contribution is 2.27. The predicted molar refractivity (Wildman–Crippen MR) is 96.3 cm³/mol. The molecule has 1 unspecified atom stereocenters. The molecule has 3 rings (SSSR count). The van der Waals surface area contributed by atoms with Crippen molar-refractivity contribution in [2.45, 2.75) is 25.7 Å². The zero-order valence-electron chi connectivity index (χ0n) is 14.6. The topological polar surface area (TPSA) is 29.5 Å². The Kier molecular flexibility index (Phi) is 5.69. The highest BCUT2D eigenvalue weighted by atomic mass is 19.1. The number of carbonyl (C=O) groups is 1. The van der Waals surface area contributed by atoms with E-state index in [1.807, 2.05) is 11.0 Å². The summed E-state index contributed by atoms with van der Waals surface area (Å²) in [6.07, 6.45) is 4.21. The standard InChI is InChI=1S/C21H24FNO2/c1-25-20-18(10-5-11-19(20)22)21(24)23-14-6-9-17(15-23)13-12-16-7-3-2-4-8-16/h2-5,7-8,10-11,17H,6,9,12-15H2,1H3. The number of amides is 1. The molecule has 0 saturated carbocycles. The second-order valence-electron chi connectivity index (χ2n) is 6.60. The Morgan fingerprint density at radius 3 is 2.76 bits per heavy atom. The van der Waals surface area contributed by atoms with Crippen LogP contribution in [0.3, 0.4) is 0 Å². The Morgan fingerprint density at radius 1 is 1.20 bits per heavy atom. The van der Waals surface area contributed by atoms with Crippen LogP contribution in [0.5, 0.6) is 5.75 Å². The van der Waals surface area contributed by atoms with Gasteiger partial charge in [-0.3, -0.25) is 4.79 Å². The lowest BCUT2D eigenvalue weighted by molar-refractivity contribution is 0.0664. The number of halogens is 1. The molecule has 4 heteroatoms. The molecule has 0 bridgehead atoms. The molecule has 0 aliphatic carbocycles. The van der Waals surface area contributed by atoms with Gasteiger partial charge in [0.2, 0.25) is 0 Å². The third kappa shape index (κ3) is 4.19. The Bertz CT molecular complexity index is 717. The largest absolute Gasteiger partial charge is 0.493 e. The fourth-order valence-electron chi connectivity index (χ4n) is 3.56. The Balaban J connectivity index is 1.65. The van der Waals surface area contributed by atoms with Crippen LogP contribution in [0.1, 0.15) is 35.2 Å². The molecule has 1 amide bonds. The SMILES string of the molecule is COc1c(F)cccc1C(=O)N1CCCC(CCc2ccccc2)C1. The summed E-state index contributed by atoms with van der Waals surface area (Å²) in [5.41, 5.74) is 1.64. The average molecular weight is 341 g/mol. The van der Waals surface area contributed by atoms with Crippen LogP contribution in [0, 0.1) is 11.7 Å². The molecule has 1 saturated heterocycles. The maximum atomic E-state index is 13.9. The lowest BCUT2D eigenvalue weighted by atomic mass is 9.91. The number of likely N-dealkylation sites (tertiary alicyclic amines) is 1. The number of hydrogen-bond acceptors (Lipinski definition) is 2. The lowest BCUT2D eigenvalue weighted by Gasteiger charge is -2.33. The molecule has 1 atom stereocenters. The number of rotatable bonds is 5. The number of carbonyl (C=O) groups excluding carboxylic acids is 1. The van der Waals surface area contributed by atoms with E-state index < -0.39 is 5.82 Å². The van der Waals surface area contributed by atoms with E-state index in [1.54, 1.807) is 12.1 Å². The van der Waals surface area contributed by atoms with Crippen molar-refractivity contribution < 1.29 is 13.9 Å². The number of ether oxygens (including phenoxy) is 1. The van der Waals surface area contributed by atoms with Gasteiger partial charge in [0.1, 0.15) is 0 Å². The van der Waals surface area contributed by atoms with Crippen LogP contribution in [0.2, 0.25) is 0 Å². The number of aryl methyl sites for hydroxylation is 1. The van der Waals surface area contributed by atoms with E-state index in [4.69, 9.17) is 4.74 Å². The zero-order chi connectivity index (χ0) is 17.6. The molecule has 0 aromatic heterocycles. The molecule has 0 radical (unpaired) electrons. The maximum Gasteiger partial charge on any atom is 0.257 e. The van der Waals surface area contributed by atoms with Crippen LogP contribution in [0.15, 0.2) is 48.5 Å². The van der Waals surface area contributed by atoms with Crippen molar-refractivity contribution in [1.82, 2.24) is 4.90 Å². The molecule has 0 spiro atoms. The second-order valence-corrected chi connectivity index (χ2v) is 6.60. The van der Waals surface area contributed by atoms with Gasteiger partial charge in [-0.05, 0) is 49.3 Å². The van der Waals surface area contributed by atoms with E-state index in [0.717, 1.165) is 38.8 Å². The Hall–Kier alpha value is -2.36. The first kappa shape index (κ1) is 17.5. The first-order valence-electron chi connectivity index (χ1n) is 8.84. The Morgan fingerprint density at radius 2 is 2.00 bits per heavy atom. The summed E-state index contributed by atoms with van der Waals surface area (Å²) in [6, 6.07) is 14.9. The van der Waals surface area contributed by atoms with Gasteiger partial charge in [-0.2, -0.15) is 0 Å². The van der Waals surface area contributed by atoms with Gasteiger partial charge in [-0.1, -0.05) is 36.4 Å². The van der Waals surface area contributed by atoms with E-state index >= 15 is 0 Å². The fraction of sp³-hybridized carbons (Fsp3) is 0.381. The van der Waals surface area contributed by atoms with Crippen LogP contribution < -0.4 is 4.74 Å². The molecule has 1 aliphatic rings. The molecule has 0 N–H and O–H groups in total. The van der Waals surface area contributed by atoms with E-state index in [2.05, 4.69) is 24.3 Å². The van der Waals surface area contributed by atoms with Crippen molar-refractivity contribution in [3.63, 3.8) is 0 Å². The van der Waals surface area contributed by atoms with Gasteiger partial charge >= 0.3 is 0 Å². The van der Waals surface area contributed by atoms with Gasteiger partial charge in [0.25, 0.3) is 5.91 Å².